The Morgan fingerprint density at radius 3 is 2.63 bits per heavy atom. The van der Waals surface area contributed by atoms with Crippen molar-refractivity contribution in [3.05, 3.63) is 19.9 Å². The van der Waals surface area contributed by atoms with E-state index in [1.807, 2.05) is 11.3 Å². The maximum absolute atomic E-state index is 3.64. The van der Waals surface area contributed by atoms with Crippen molar-refractivity contribution in [2.24, 2.45) is 17.8 Å². The molecule has 2 bridgehead atoms. The van der Waals surface area contributed by atoms with E-state index in [9.17, 15) is 0 Å². The van der Waals surface area contributed by atoms with Crippen molar-refractivity contribution in [2.45, 2.75) is 51.5 Å². The van der Waals surface area contributed by atoms with Crippen molar-refractivity contribution in [2.75, 3.05) is 6.54 Å². The molecule has 2 atom stereocenters. The fraction of sp³-hybridized carbons (Fsp3) is 0.750. The van der Waals surface area contributed by atoms with E-state index in [0.29, 0.717) is 0 Å². The van der Waals surface area contributed by atoms with Gasteiger partial charge in [0.1, 0.15) is 0 Å². The first-order valence-corrected chi connectivity index (χ1v) is 9.64. The molecule has 2 aliphatic carbocycles. The molecule has 19 heavy (non-hydrogen) atoms. The lowest BCUT2D eigenvalue weighted by molar-refractivity contribution is 0.132. The molecule has 1 N–H and O–H groups in total. The number of nitrogens with one attached hydrogen (secondary N) is 1. The Hall–Kier alpha value is 0.390. The molecule has 0 radical (unpaired) electrons. The molecule has 0 amide bonds. The van der Waals surface area contributed by atoms with Crippen LogP contribution >= 0.6 is 33.9 Å². The second kappa shape index (κ2) is 6.90. The molecule has 2 unspecified atom stereocenters. The van der Waals surface area contributed by atoms with Gasteiger partial charge in [-0.1, -0.05) is 19.3 Å². The predicted molar refractivity (Wildman–Crippen MR) is 91.5 cm³/mol. The quantitative estimate of drug-likeness (QED) is 0.549. The number of rotatable bonds is 5. The summed E-state index contributed by atoms with van der Waals surface area (Å²) >= 11 is 4.31. The number of hydrogen-bond donors (Lipinski definition) is 1. The van der Waals surface area contributed by atoms with Crippen LogP contribution in [0.4, 0.5) is 0 Å². The normalized spacial score (nSPS) is 30.5. The summed E-state index contributed by atoms with van der Waals surface area (Å²) in [5.74, 6) is 3.17. The van der Waals surface area contributed by atoms with Crippen LogP contribution in [-0.4, -0.2) is 6.54 Å². The summed E-state index contributed by atoms with van der Waals surface area (Å²) in [7, 11) is 0. The van der Waals surface area contributed by atoms with Gasteiger partial charge in [0.2, 0.25) is 0 Å². The fourth-order valence-electron chi connectivity index (χ4n) is 4.07. The van der Waals surface area contributed by atoms with Crippen molar-refractivity contribution in [3.8, 4) is 0 Å². The first-order chi connectivity index (χ1) is 9.29. The Morgan fingerprint density at radius 2 is 1.95 bits per heavy atom. The molecule has 0 aromatic carbocycles. The molecule has 1 heterocycles. The lowest BCUT2D eigenvalue weighted by Gasteiger charge is -2.39. The van der Waals surface area contributed by atoms with Crippen LogP contribution in [0.5, 0.6) is 0 Å². The Kier molecular flexibility index (Phi) is 5.20. The van der Waals surface area contributed by atoms with Crippen LogP contribution < -0.4 is 5.32 Å². The first kappa shape index (κ1) is 14.3. The zero-order chi connectivity index (χ0) is 13.1. The summed E-state index contributed by atoms with van der Waals surface area (Å²) in [4.78, 5) is 1.48. The van der Waals surface area contributed by atoms with E-state index in [-0.39, 0.29) is 0 Å². The predicted octanol–water partition coefficient (Wildman–Crippen LogP) is 5.05. The van der Waals surface area contributed by atoms with Crippen LogP contribution in [-0.2, 0) is 6.54 Å². The van der Waals surface area contributed by atoms with E-state index < -0.39 is 0 Å². The van der Waals surface area contributed by atoms with E-state index in [0.717, 1.165) is 24.3 Å². The molecule has 1 aromatic heterocycles. The molecule has 1 aromatic rings. The van der Waals surface area contributed by atoms with Gasteiger partial charge in [0, 0.05) is 11.4 Å². The molecule has 2 saturated carbocycles. The molecule has 0 saturated heterocycles. The third-order valence-electron chi connectivity index (χ3n) is 4.88. The van der Waals surface area contributed by atoms with Gasteiger partial charge in [-0.15, -0.1) is 11.3 Å². The second-order valence-electron chi connectivity index (χ2n) is 6.41. The van der Waals surface area contributed by atoms with E-state index in [4.69, 9.17) is 0 Å². The highest BCUT2D eigenvalue weighted by Gasteiger charge is 2.31. The van der Waals surface area contributed by atoms with Gasteiger partial charge in [0.15, 0.2) is 0 Å². The summed E-state index contributed by atoms with van der Waals surface area (Å²) in [5, 5.41) is 3.64. The average Bonchev–Trinajstić information content (AvgIpc) is 2.80. The summed E-state index contributed by atoms with van der Waals surface area (Å²) in [5.41, 5.74) is 0. The van der Waals surface area contributed by atoms with Gasteiger partial charge in [0.25, 0.3) is 0 Å². The number of halogens is 1. The molecular formula is C16H24INS. The van der Waals surface area contributed by atoms with Crippen molar-refractivity contribution in [1.82, 2.24) is 5.32 Å². The van der Waals surface area contributed by atoms with Gasteiger partial charge >= 0.3 is 0 Å². The van der Waals surface area contributed by atoms with Crippen LogP contribution in [0.3, 0.4) is 0 Å². The molecule has 3 heteroatoms. The third-order valence-corrected chi connectivity index (χ3v) is 6.78. The highest BCUT2D eigenvalue weighted by molar-refractivity contribution is 14.1. The molecule has 106 valence electrons. The van der Waals surface area contributed by atoms with Crippen LogP contribution in [0.25, 0.3) is 0 Å². The van der Waals surface area contributed by atoms with Crippen LogP contribution in [0.2, 0.25) is 0 Å². The van der Waals surface area contributed by atoms with Crippen LogP contribution in [0.1, 0.15) is 49.8 Å². The molecule has 2 fully saturated rings. The largest absolute Gasteiger partial charge is 0.312 e. The smallest absolute Gasteiger partial charge is 0.0656 e. The minimum atomic E-state index is 1.01. The second-order valence-corrected chi connectivity index (χ2v) is 9.47. The van der Waals surface area contributed by atoms with Gasteiger partial charge in [-0.25, -0.2) is 0 Å². The highest BCUT2D eigenvalue weighted by Crippen LogP contribution is 2.43. The van der Waals surface area contributed by atoms with Crippen molar-refractivity contribution < 1.29 is 0 Å². The topological polar surface area (TPSA) is 12.0 Å². The molecule has 0 spiro atoms. The number of fused-ring (bicyclic) bond motifs is 2. The lowest BCUT2D eigenvalue weighted by atomic mass is 9.67. The Labute approximate surface area is 134 Å². The van der Waals surface area contributed by atoms with E-state index in [2.05, 4.69) is 40.0 Å². The summed E-state index contributed by atoms with van der Waals surface area (Å²) in [6.07, 6.45) is 10.6. The number of hydrogen-bond acceptors (Lipinski definition) is 2. The van der Waals surface area contributed by atoms with Crippen molar-refractivity contribution >= 4 is 33.9 Å². The zero-order valence-electron chi connectivity index (χ0n) is 11.5. The Balaban J connectivity index is 1.36. The summed E-state index contributed by atoms with van der Waals surface area (Å²) in [6.45, 7) is 2.27. The minimum absolute atomic E-state index is 1.01. The highest BCUT2D eigenvalue weighted by atomic mass is 127. The van der Waals surface area contributed by atoms with E-state index >= 15 is 0 Å². The van der Waals surface area contributed by atoms with Crippen molar-refractivity contribution in [3.63, 3.8) is 0 Å². The monoisotopic (exact) mass is 389 g/mol. The first-order valence-electron chi connectivity index (χ1n) is 7.74. The Morgan fingerprint density at radius 1 is 1.16 bits per heavy atom. The molecule has 3 rings (SSSR count). The standard InChI is InChI=1S/C16H24INS/c17-16-5-4-15(19-16)11-18-7-6-14-9-12-2-1-3-13(8-12)10-14/h4-5,12-14,18H,1-3,6-11H2. The van der Waals surface area contributed by atoms with E-state index in [1.54, 1.807) is 6.42 Å². The fourth-order valence-corrected chi connectivity index (χ4v) is 5.79. The molecule has 0 aliphatic heterocycles. The maximum Gasteiger partial charge on any atom is 0.0656 e. The van der Waals surface area contributed by atoms with Crippen molar-refractivity contribution in [1.29, 1.82) is 0 Å². The summed E-state index contributed by atoms with van der Waals surface area (Å²) in [6, 6.07) is 4.47. The van der Waals surface area contributed by atoms with Gasteiger partial charge in [-0.2, -0.15) is 0 Å². The maximum atomic E-state index is 3.64. The molecule has 2 aliphatic rings. The molecular weight excluding hydrogens is 365 g/mol. The lowest BCUT2D eigenvalue weighted by Crippen LogP contribution is -2.28. The minimum Gasteiger partial charge on any atom is -0.312 e. The van der Waals surface area contributed by atoms with Gasteiger partial charge in [0.05, 0.1) is 2.88 Å². The van der Waals surface area contributed by atoms with E-state index in [1.165, 1.54) is 52.8 Å². The van der Waals surface area contributed by atoms with Crippen LogP contribution in [0, 0.1) is 20.6 Å². The van der Waals surface area contributed by atoms with Gasteiger partial charge in [-0.3, -0.25) is 0 Å². The van der Waals surface area contributed by atoms with Gasteiger partial charge < -0.3 is 5.32 Å². The summed E-state index contributed by atoms with van der Waals surface area (Å²) < 4.78 is 1.40. The van der Waals surface area contributed by atoms with Gasteiger partial charge in [-0.05, 0) is 84.7 Å². The average molecular weight is 389 g/mol. The SMILES string of the molecule is Ic1ccc(CNCCC2CC3CCCC(C3)C2)s1. The Bertz CT molecular complexity index is 391. The molecule has 1 nitrogen and oxygen atoms in total. The van der Waals surface area contributed by atoms with Crippen LogP contribution in [0.15, 0.2) is 12.1 Å². The third kappa shape index (κ3) is 4.18. The zero-order valence-corrected chi connectivity index (χ0v) is 14.5. The number of thiophene rings is 1.